The van der Waals surface area contributed by atoms with Crippen LogP contribution in [0.4, 0.5) is 0 Å². The van der Waals surface area contributed by atoms with Gasteiger partial charge in [-0.05, 0) is 28.5 Å². The molecule has 0 unspecified atom stereocenters. The molecule has 0 heterocycles. The van der Waals surface area contributed by atoms with Crippen molar-refractivity contribution in [1.82, 2.24) is 5.32 Å². The molecule has 0 aromatic heterocycles. The number of halogens is 1. The molecule has 2 amide bonds. The van der Waals surface area contributed by atoms with Gasteiger partial charge in [-0.25, -0.2) is 0 Å². The molecule has 126 valence electrons. The van der Waals surface area contributed by atoms with Crippen LogP contribution in [-0.4, -0.2) is 17.9 Å². The molecule has 3 N–H and O–H groups in total. The molecule has 5 heteroatoms. The molecule has 0 aliphatic carbocycles. The van der Waals surface area contributed by atoms with E-state index in [2.05, 4.69) is 5.32 Å². The number of amides is 2. The van der Waals surface area contributed by atoms with E-state index in [4.69, 9.17) is 17.3 Å². The standard InChI is InChI=1S/C20H17ClN2O2/c21-17-11-4-3-10-16(17)20(25)23-18(19(22)24)12-14-8-5-7-13-6-1-2-9-15(13)14/h1-11,18H,12H2,(H2,22,24)(H,23,25)/t18-/m1/s1. The number of hydrogen-bond acceptors (Lipinski definition) is 2. The summed E-state index contributed by atoms with van der Waals surface area (Å²) in [4.78, 5) is 24.3. The summed E-state index contributed by atoms with van der Waals surface area (Å²) in [7, 11) is 0. The van der Waals surface area contributed by atoms with Crippen LogP contribution in [0.15, 0.2) is 66.7 Å². The Balaban J connectivity index is 1.86. The van der Waals surface area contributed by atoms with Gasteiger partial charge in [0, 0.05) is 6.42 Å². The van der Waals surface area contributed by atoms with E-state index >= 15 is 0 Å². The van der Waals surface area contributed by atoms with Crippen LogP contribution in [0, 0.1) is 0 Å². The Hall–Kier alpha value is -2.85. The smallest absolute Gasteiger partial charge is 0.253 e. The van der Waals surface area contributed by atoms with Crippen LogP contribution in [0.1, 0.15) is 15.9 Å². The van der Waals surface area contributed by atoms with E-state index in [1.807, 2.05) is 42.5 Å². The van der Waals surface area contributed by atoms with Crippen LogP contribution in [0.25, 0.3) is 10.8 Å². The molecule has 3 aromatic carbocycles. The highest BCUT2D eigenvalue weighted by molar-refractivity contribution is 6.33. The van der Waals surface area contributed by atoms with Crippen molar-refractivity contribution in [2.75, 3.05) is 0 Å². The zero-order chi connectivity index (χ0) is 17.8. The summed E-state index contributed by atoms with van der Waals surface area (Å²) < 4.78 is 0. The number of primary amides is 1. The van der Waals surface area contributed by atoms with Crippen molar-refractivity contribution in [3.8, 4) is 0 Å². The van der Waals surface area contributed by atoms with Crippen LogP contribution in [0.5, 0.6) is 0 Å². The Kier molecular flexibility index (Phi) is 5.00. The second kappa shape index (κ2) is 7.36. The number of carbonyl (C=O) groups excluding carboxylic acids is 2. The second-order valence-corrected chi connectivity index (χ2v) is 6.16. The lowest BCUT2D eigenvalue weighted by Gasteiger charge is -2.17. The van der Waals surface area contributed by atoms with Crippen molar-refractivity contribution in [2.45, 2.75) is 12.5 Å². The first kappa shape index (κ1) is 17.0. The van der Waals surface area contributed by atoms with E-state index < -0.39 is 17.9 Å². The minimum atomic E-state index is -0.824. The van der Waals surface area contributed by atoms with Crippen molar-refractivity contribution in [2.24, 2.45) is 5.73 Å². The highest BCUT2D eigenvalue weighted by Crippen LogP contribution is 2.20. The van der Waals surface area contributed by atoms with Gasteiger partial charge in [0.25, 0.3) is 5.91 Å². The SMILES string of the molecule is NC(=O)[C@@H](Cc1cccc2ccccc12)NC(=O)c1ccccc1Cl. The Morgan fingerprint density at radius 3 is 2.40 bits per heavy atom. The van der Waals surface area contributed by atoms with Gasteiger partial charge in [0.1, 0.15) is 6.04 Å². The van der Waals surface area contributed by atoms with E-state index in [0.717, 1.165) is 16.3 Å². The molecule has 0 spiro atoms. The number of rotatable bonds is 5. The fourth-order valence-corrected chi connectivity index (χ4v) is 3.02. The van der Waals surface area contributed by atoms with Gasteiger partial charge in [-0.1, -0.05) is 66.2 Å². The van der Waals surface area contributed by atoms with Crippen LogP contribution >= 0.6 is 11.6 Å². The van der Waals surface area contributed by atoms with Crippen LogP contribution < -0.4 is 11.1 Å². The first-order chi connectivity index (χ1) is 12.1. The van der Waals surface area contributed by atoms with Crippen molar-refractivity contribution in [1.29, 1.82) is 0 Å². The van der Waals surface area contributed by atoms with Gasteiger partial charge in [-0.15, -0.1) is 0 Å². The number of fused-ring (bicyclic) bond motifs is 1. The van der Waals surface area contributed by atoms with E-state index in [9.17, 15) is 9.59 Å². The molecule has 1 atom stereocenters. The lowest BCUT2D eigenvalue weighted by atomic mass is 9.98. The Labute approximate surface area is 150 Å². The van der Waals surface area contributed by atoms with Gasteiger partial charge >= 0.3 is 0 Å². The number of nitrogens with two attached hydrogens (primary N) is 1. The fraction of sp³-hybridized carbons (Fsp3) is 0.100. The molecule has 0 radical (unpaired) electrons. The monoisotopic (exact) mass is 352 g/mol. The lowest BCUT2D eigenvalue weighted by molar-refractivity contribution is -0.119. The highest BCUT2D eigenvalue weighted by atomic mass is 35.5. The summed E-state index contributed by atoms with van der Waals surface area (Å²) in [5.41, 5.74) is 6.77. The molecule has 3 rings (SSSR count). The number of carbonyl (C=O) groups is 2. The third-order valence-corrected chi connectivity index (χ3v) is 4.40. The summed E-state index contributed by atoms with van der Waals surface area (Å²) in [6, 6.07) is 19.6. The van der Waals surface area contributed by atoms with Crippen molar-refractivity contribution in [3.63, 3.8) is 0 Å². The highest BCUT2D eigenvalue weighted by Gasteiger charge is 2.21. The normalized spacial score (nSPS) is 11.9. The molecule has 0 bridgehead atoms. The van der Waals surface area contributed by atoms with Gasteiger partial charge in [-0.2, -0.15) is 0 Å². The topological polar surface area (TPSA) is 72.2 Å². The number of benzene rings is 3. The summed E-state index contributed by atoms with van der Waals surface area (Å²) in [5, 5.41) is 5.12. The van der Waals surface area contributed by atoms with Crippen molar-refractivity contribution >= 4 is 34.2 Å². The molecule has 4 nitrogen and oxygen atoms in total. The Morgan fingerprint density at radius 1 is 0.960 bits per heavy atom. The maximum atomic E-state index is 12.4. The molecular weight excluding hydrogens is 336 g/mol. The predicted octanol–water partition coefficient (Wildman–Crippen LogP) is 3.32. The molecule has 3 aromatic rings. The maximum Gasteiger partial charge on any atom is 0.253 e. The number of hydrogen-bond donors (Lipinski definition) is 2. The van der Waals surface area contributed by atoms with E-state index in [1.54, 1.807) is 24.3 Å². The van der Waals surface area contributed by atoms with Crippen LogP contribution in [0.2, 0.25) is 5.02 Å². The van der Waals surface area contributed by atoms with Gasteiger partial charge < -0.3 is 11.1 Å². The fourth-order valence-electron chi connectivity index (χ4n) is 2.79. The molecule has 0 saturated heterocycles. The molecule has 25 heavy (non-hydrogen) atoms. The Morgan fingerprint density at radius 2 is 1.64 bits per heavy atom. The average Bonchev–Trinajstić information content (AvgIpc) is 2.61. The number of nitrogens with one attached hydrogen (secondary N) is 1. The van der Waals surface area contributed by atoms with Crippen LogP contribution in [-0.2, 0) is 11.2 Å². The first-order valence-corrected chi connectivity index (χ1v) is 8.25. The molecular formula is C20H17ClN2O2. The minimum absolute atomic E-state index is 0.312. The van der Waals surface area contributed by atoms with E-state index in [1.165, 1.54) is 0 Å². The third kappa shape index (κ3) is 3.80. The van der Waals surface area contributed by atoms with Gasteiger partial charge in [0.2, 0.25) is 5.91 Å². The summed E-state index contributed by atoms with van der Waals surface area (Å²) in [6.45, 7) is 0. The molecule has 0 aliphatic heterocycles. The van der Waals surface area contributed by atoms with Gasteiger partial charge in [-0.3, -0.25) is 9.59 Å². The molecule has 0 fully saturated rings. The van der Waals surface area contributed by atoms with Crippen molar-refractivity contribution < 1.29 is 9.59 Å². The van der Waals surface area contributed by atoms with Crippen LogP contribution in [0.3, 0.4) is 0 Å². The zero-order valence-corrected chi connectivity index (χ0v) is 14.2. The van der Waals surface area contributed by atoms with E-state index in [-0.39, 0.29) is 0 Å². The third-order valence-electron chi connectivity index (χ3n) is 4.07. The first-order valence-electron chi connectivity index (χ1n) is 7.87. The lowest BCUT2D eigenvalue weighted by Crippen LogP contribution is -2.46. The largest absolute Gasteiger partial charge is 0.368 e. The molecule has 0 aliphatic rings. The average molecular weight is 353 g/mol. The summed E-state index contributed by atoms with van der Waals surface area (Å²) in [6.07, 6.45) is 0.312. The quantitative estimate of drug-likeness (QED) is 0.739. The van der Waals surface area contributed by atoms with E-state index in [0.29, 0.717) is 17.0 Å². The Bertz CT molecular complexity index is 934. The van der Waals surface area contributed by atoms with Crippen molar-refractivity contribution in [3.05, 3.63) is 82.9 Å². The minimum Gasteiger partial charge on any atom is -0.368 e. The second-order valence-electron chi connectivity index (χ2n) is 5.75. The predicted molar refractivity (Wildman–Crippen MR) is 99.6 cm³/mol. The van der Waals surface area contributed by atoms with Gasteiger partial charge in [0.05, 0.1) is 10.6 Å². The summed E-state index contributed by atoms with van der Waals surface area (Å²) in [5.74, 6) is -1.01. The van der Waals surface area contributed by atoms with Gasteiger partial charge in [0.15, 0.2) is 0 Å². The summed E-state index contributed by atoms with van der Waals surface area (Å²) >= 11 is 6.04. The maximum absolute atomic E-state index is 12.4. The molecule has 0 saturated carbocycles. The zero-order valence-electron chi connectivity index (χ0n) is 13.4.